The van der Waals surface area contributed by atoms with Gasteiger partial charge in [-0.3, -0.25) is 9.59 Å². The minimum Gasteiger partial charge on any atom is -0.490 e. The summed E-state index contributed by atoms with van der Waals surface area (Å²) in [6.45, 7) is 4.36. The van der Waals surface area contributed by atoms with Crippen LogP contribution in [0.4, 0.5) is 5.69 Å². The van der Waals surface area contributed by atoms with Gasteiger partial charge in [0.15, 0.2) is 0 Å². The monoisotopic (exact) mass is 360 g/mol. The summed E-state index contributed by atoms with van der Waals surface area (Å²) >= 11 is 6.06. The molecule has 0 bridgehead atoms. The van der Waals surface area contributed by atoms with Gasteiger partial charge in [0.05, 0.1) is 11.6 Å². The number of benzene rings is 2. The zero-order chi connectivity index (χ0) is 18.2. The minimum atomic E-state index is -0.356. The number of nitrogens with one attached hydrogen (secondary N) is 2. The molecule has 2 N–H and O–H groups in total. The van der Waals surface area contributed by atoms with Crippen LogP contribution in [-0.2, 0) is 9.59 Å². The van der Waals surface area contributed by atoms with Gasteiger partial charge in [0.25, 0.3) is 0 Å². The number of anilines is 1. The van der Waals surface area contributed by atoms with Crippen LogP contribution in [0.25, 0.3) is 0 Å². The summed E-state index contributed by atoms with van der Waals surface area (Å²) < 4.78 is 5.59. The second-order valence-corrected chi connectivity index (χ2v) is 6.03. The van der Waals surface area contributed by atoms with Crippen LogP contribution < -0.4 is 15.4 Å². The maximum atomic E-state index is 11.9. The van der Waals surface area contributed by atoms with Gasteiger partial charge < -0.3 is 15.4 Å². The number of aryl methyl sites for hydroxylation is 2. The highest BCUT2D eigenvalue weighted by atomic mass is 35.5. The maximum absolute atomic E-state index is 11.9. The summed E-state index contributed by atoms with van der Waals surface area (Å²) in [6.07, 6.45) is -0.237. The van der Waals surface area contributed by atoms with Gasteiger partial charge in [-0.25, -0.2) is 0 Å². The fraction of sp³-hybridized carbons (Fsp3) is 0.263. The summed E-state index contributed by atoms with van der Waals surface area (Å²) in [5.74, 6) is -0.101. The molecule has 2 rings (SSSR count). The van der Waals surface area contributed by atoms with Crippen LogP contribution in [0.3, 0.4) is 0 Å². The molecular weight excluding hydrogens is 340 g/mol. The van der Waals surface area contributed by atoms with Crippen LogP contribution in [0.15, 0.2) is 42.5 Å². The Labute approximate surface area is 152 Å². The fourth-order valence-corrected chi connectivity index (χ4v) is 2.54. The zero-order valence-corrected chi connectivity index (χ0v) is 15.0. The number of hydrogen-bond acceptors (Lipinski definition) is 3. The number of carbonyl (C=O) groups is 2. The van der Waals surface area contributed by atoms with Gasteiger partial charge in [-0.05, 0) is 37.1 Å². The molecule has 0 saturated carbocycles. The van der Waals surface area contributed by atoms with Gasteiger partial charge in [0.2, 0.25) is 11.8 Å². The minimum absolute atomic E-state index is 0.237. The van der Waals surface area contributed by atoms with Crippen molar-refractivity contribution in [3.05, 3.63) is 58.6 Å². The number of ether oxygens (including phenoxy) is 1. The predicted molar refractivity (Wildman–Crippen MR) is 99.1 cm³/mol. The molecule has 25 heavy (non-hydrogen) atoms. The first-order valence-corrected chi connectivity index (χ1v) is 8.35. The Morgan fingerprint density at radius 3 is 2.44 bits per heavy atom. The van der Waals surface area contributed by atoms with E-state index in [9.17, 15) is 9.59 Å². The van der Waals surface area contributed by atoms with Crippen molar-refractivity contribution in [3.8, 4) is 5.75 Å². The van der Waals surface area contributed by atoms with Crippen molar-refractivity contribution in [1.29, 1.82) is 0 Å². The Morgan fingerprint density at radius 1 is 1.00 bits per heavy atom. The Morgan fingerprint density at radius 2 is 1.72 bits per heavy atom. The molecule has 6 heteroatoms. The van der Waals surface area contributed by atoms with Gasteiger partial charge in [-0.1, -0.05) is 41.9 Å². The predicted octanol–water partition coefficient (Wildman–Crippen LogP) is 3.48. The fourth-order valence-electron chi connectivity index (χ4n) is 2.26. The molecule has 0 aromatic heterocycles. The van der Waals surface area contributed by atoms with E-state index in [-0.39, 0.29) is 24.8 Å². The molecule has 0 radical (unpaired) electrons. The highest BCUT2D eigenvalue weighted by Crippen LogP contribution is 2.27. The molecule has 132 valence electrons. The summed E-state index contributed by atoms with van der Waals surface area (Å²) in [5, 5.41) is 5.91. The van der Waals surface area contributed by atoms with Crippen LogP contribution in [0, 0.1) is 13.8 Å². The number of rotatable bonds is 7. The zero-order valence-electron chi connectivity index (χ0n) is 14.3. The van der Waals surface area contributed by atoms with Crippen LogP contribution in [0.1, 0.15) is 17.5 Å². The molecule has 0 aliphatic rings. The first-order chi connectivity index (χ1) is 12.0. The van der Waals surface area contributed by atoms with Crippen molar-refractivity contribution in [2.45, 2.75) is 20.3 Å². The lowest BCUT2D eigenvalue weighted by molar-refractivity contribution is -0.126. The SMILES string of the molecule is Cc1ccccc1NC(=O)CC(=O)NCCOc1c(C)cccc1Cl. The smallest absolute Gasteiger partial charge is 0.233 e. The molecule has 0 atom stereocenters. The molecule has 0 saturated heterocycles. The molecule has 0 aliphatic carbocycles. The molecule has 0 spiro atoms. The van der Waals surface area contributed by atoms with Gasteiger partial charge in [-0.15, -0.1) is 0 Å². The third-order valence-electron chi connectivity index (χ3n) is 3.57. The lowest BCUT2D eigenvalue weighted by atomic mass is 10.2. The quantitative estimate of drug-likeness (QED) is 0.586. The van der Waals surface area contributed by atoms with Crippen molar-refractivity contribution in [2.75, 3.05) is 18.5 Å². The molecule has 0 aliphatic heterocycles. The van der Waals surface area contributed by atoms with Crippen molar-refractivity contribution in [3.63, 3.8) is 0 Å². The van der Waals surface area contributed by atoms with Crippen LogP contribution in [0.5, 0.6) is 5.75 Å². The van der Waals surface area contributed by atoms with Crippen LogP contribution in [-0.4, -0.2) is 25.0 Å². The van der Waals surface area contributed by atoms with E-state index < -0.39 is 0 Å². The Bertz CT molecular complexity index is 742. The average Bonchev–Trinajstić information content (AvgIpc) is 2.56. The molecule has 0 fully saturated rings. The standard InChI is InChI=1S/C19H21ClN2O3/c1-13-6-3-4-9-16(13)22-18(24)12-17(23)21-10-11-25-19-14(2)7-5-8-15(19)20/h3-9H,10-12H2,1-2H3,(H,21,23)(H,22,24). The van der Waals surface area contributed by atoms with Crippen molar-refractivity contribution < 1.29 is 14.3 Å². The van der Waals surface area contributed by atoms with Gasteiger partial charge in [-0.2, -0.15) is 0 Å². The maximum Gasteiger partial charge on any atom is 0.233 e. The largest absolute Gasteiger partial charge is 0.490 e. The first-order valence-electron chi connectivity index (χ1n) is 7.97. The number of amides is 2. The molecule has 2 aromatic carbocycles. The van der Waals surface area contributed by atoms with Gasteiger partial charge >= 0.3 is 0 Å². The van der Waals surface area contributed by atoms with E-state index in [2.05, 4.69) is 10.6 Å². The van der Waals surface area contributed by atoms with E-state index >= 15 is 0 Å². The number of carbonyl (C=O) groups excluding carboxylic acids is 2. The highest BCUT2D eigenvalue weighted by Gasteiger charge is 2.10. The molecule has 0 heterocycles. The third-order valence-corrected chi connectivity index (χ3v) is 3.87. The number of para-hydroxylation sites is 2. The van der Waals surface area contributed by atoms with Crippen molar-refractivity contribution in [2.24, 2.45) is 0 Å². The van der Waals surface area contributed by atoms with Crippen LogP contribution in [0.2, 0.25) is 5.02 Å². The summed E-state index contributed by atoms with van der Waals surface area (Å²) in [5.41, 5.74) is 2.58. The molecule has 0 unspecified atom stereocenters. The van der Waals surface area contributed by atoms with E-state index in [4.69, 9.17) is 16.3 Å². The molecular formula is C19H21ClN2O3. The number of hydrogen-bond donors (Lipinski definition) is 2. The average molecular weight is 361 g/mol. The van der Waals surface area contributed by atoms with E-state index in [0.29, 0.717) is 23.0 Å². The highest BCUT2D eigenvalue weighted by molar-refractivity contribution is 6.32. The number of halogens is 1. The summed E-state index contributed by atoms with van der Waals surface area (Å²) in [7, 11) is 0. The van der Waals surface area contributed by atoms with Crippen molar-refractivity contribution >= 4 is 29.1 Å². The Balaban J connectivity index is 1.72. The van der Waals surface area contributed by atoms with Crippen LogP contribution >= 0.6 is 11.6 Å². The van der Waals surface area contributed by atoms with Gasteiger partial charge in [0, 0.05) is 5.69 Å². The molecule has 2 amide bonds. The summed E-state index contributed by atoms with van der Waals surface area (Å²) in [6, 6.07) is 12.9. The molecule has 5 nitrogen and oxygen atoms in total. The normalized spacial score (nSPS) is 10.2. The van der Waals surface area contributed by atoms with E-state index in [1.807, 2.05) is 44.2 Å². The second-order valence-electron chi connectivity index (χ2n) is 5.62. The Hall–Kier alpha value is -2.53. The summed E-state index contributed by atoms with van der Waals surface area (Å²) in [4.78, 5) is 23.7. The van der Waals surface area contributed by atoms with E-state index in [1.165, 1.54) is 0 Å². The molecule has 2 aromatic rings. The third kappa shape index (κ3) is 5.80. The van der Waals surface area contributed by atoms with E-state index in [0.717, 1.165) is 11.1 Å². The van der Waals surface area contributed by atoms with Crippen molar-refractivity contribution in [1.82, 2.24) is 5.32 Å². The lowest BCUT2D eigenvalue weighted by Gasteiger charge is -2.11. The lowest BCUT2D eigenvalue weighted by Crippen LogP contribution is -2.31. The van der Waals surface area contributed by atoms with E-state index in [1.54, 1.807) is 12.1 Å². The topological polar surface area (TPSA) is 67.4 Å². The van der Waals surface area contributed by atoms with Gasteiger partial charge in [0.1, 0.15) is 18.8 Å². The second kappa shape index (κ2) is 9.08. The first kappa shape index (κ1) is 18.8. The Kier molecular flexibility index (Phi) is 6.83.